The largest absolute Gasteiger partial charge is 0.481 e. The van der Waals surface area contributed by atoms with Gasteiger partial charge in [-0.05, 0) is 41.5 Å². The van der Waals surface area contributed by atoms with Crippen molar-refractivity contribution in [1.82, 2.24) is 10.6 Å². The number of carboxylic acids is 1. The average Bonchev–Trinajstić information content (AvgIpc) is 3.40. The molecule has 2 amide bonds. The number of nitrogens with one attached hydrogen (secondary N) is 2. The Kier molecular flexibility index (Phi) is 7.50. The third kappa shape index (κ3) is 5.24. The van der Waals surface area contributed by atoms with Gasteiger partial charge in [-0.1, -0.05) is 68.3 Å². The summed E-state index contributed by atoms with van der Waals surface area (Å²) in [5.74, 6) is -1.68. The normalized spacial score (nSPS) is 19.7. The number of carbonyl (C=O) groups is 3. The quantitative estimate of drug-likeness (QED) is 0.508. The van der Waals surface area contributed by atoms with Gasteiger partial charge in [0.15, 0.2) is 0 Å². The molecule has 0 radical (unpaired) electrons. The van der Waals surface area contributed by atoms with Crippen molar-refractivity contribution in [2.24, 2.45) is 5.92 Å². The second-order valence-corrected chi connectivity index (χ2v) is 9.21. The molecule has 3 N–H and O–H groups in total. The summed E-state index contributed by atoms with van der Waals surface area (Å²) in [4.78, 5) is 36.6. The van der Waals surface area contributed by atoms with Gasteiger partial charge < -0.3 is 20.5 Å². The molecule has 1 saturated carbocycles. The number of alkyl carbamates (subject to hydrolysis) is 1. The molecule has 3 atom stereocenters. The number of carbonyl (C=O) groups excluding carboxylic acids is 2. The highest BCUT2D eigenvalue weighted by molar-refractivity contribution is 5.80. The number of hydrogen-bond acceptors (Lipinski definition) is 4. The van der Waals surface area contributed by atoms with E-state index in [4.69, 9.17) is 4.74 Å². The summed E-state index contributed by atoms with van der Waals surface area (Å²) < 4.78 is 5.62. The molecule has 0 bridgehead atoms. The molecule has 7 nitrogen and oxygen atoms in total. The zero-order valence-electron chi connectivity index (χ0n) is 19.5. The van der Waals surface area contributed by atoms with Crippen LogP contribution in [0.2, 0.25) is 0 Å². The second kappa shape index (κ2) is 10.7. The van der Waals surface area contributed by atoms with Crippen molar-refractivity contribution in [3.8, 4) is 11.1 Å². The minimum absolute atomic E-state index is 0.0265. The van der Waals surface area contributed by atoms with Gasteiger partial charge in [0, 0.05) is 24.4 Å². The molecule has 2 aromatic carbocycles. The van der Waals surface area contributed by atoms with Crippen LogP contribution in [0.1, 0.15) is 62.5 Å². The van der Waals surface area contributed by atoms with E-state index in [-0.39, 0.29) is 36.9 Å². The predicted octanol–water partition coefficient (Wildman–Crippen LogP) is 4.45. The molecule has 7 heteroatoms. The molecular formula is C27H32N2O5. The Morgan fingerprint density at radius 2 is 1.68 bits per heavy atom. The highest BCUT2D eigenvalue weighted by Gasteiger charge is 2.34. The maximum Gasteiger partial charge on any atom is 0.407 e. The summed E-state index contributed by atoms with van der Waals surface area (Å²) in [5.41, 5.74) is 4.62. The lowest BCUT2D eigenvalue weighted by molar-refractivity contribution is -0.142. The maximum atomic E-state index is 12.6. The smallest absolute Gasteiger partial charge is 0.407 e. The van der Waals surface area contributed by atoms with E-state index in [9.17, 15) is 19.5 Å². The monoisotopic (exact) mass is 464 g/mol. The number of amides is 2. The maximum absolute atomic E-state index is 12.6. The molecule has 0 heterocycles. The second-order valence-electron chi connectivity index (χ2n) is 9.21. The van der Waals surface area contributed by atoms with Gasteiger partial charge in [-0.2, -0.15) is 0 Å². The lowest BCUT2D eigenvalue weighted by atomic mass is 9.98. The van der Waals surface area contributed by atoms with Crippen molar-refractivity contribution in [1.29, 1.82) is 0 Å². The van der Waals surface area contributed by atoms with Crippen molar-refractivity contribution in [3.05, 3.63) is 59.7 Å². The Bertz CT molecular complexity index is 1010. The molecule has 1 fully saturated rings. The molecule has 0 spiro atoms. The van der Waals surface area contributed by atoms with E-state index in [2.05, 4.69) is 34.9 Å². The Hall–Kier alpha value is -3.35. The minimum Gasteiger partial charge on any atom is -0.481 e. The molecule has 0 aromatic heterocycles. The van der Waals surface area contributed by atoms with E-state index in [0.717, 1.165) is 24.0 Å². The summed E-state index contributed by atoms with van der Waals surface area (Å²) in [5, 5.41) is 15.0. The molecular weight excluding hydrogens is 432 g/mol. The van der Waals surface area contributed by atoms with Crippen molar-refractivity contribution in [2.45, 2.75) is 63.5 Å². The first-order chi connectivity index (χ1) is 16.5. The fraction of sp³-hybridized carbons (Fsp3) is 0.444. The van der Waals surface area contributed by atoms with E-state index in [1.54, 1.807) is 0 Å². The van der Waals surface area contributed by atoms with E-state index < -0.39 is 18.0 Å². The van der Waals surface area contributed by atoms with Crippen LogP contribution in [0.5, 0.6) is 0 Å². The summed E-state index contributed by atoms with van der Waals surface area (Å²) in [6, 6.07) is 15.6. The number of fused-ring (bicyclic) bond motifs is 3. The van der Waals surface area contributed by atoms with Crippen LogP contribution in [0.25, 0.3) is 11.1 Å². The van der Waals surface area contributed by atoms with Crippen molar-refractivity contribution in [3.63, 3.8) is 0 Å². The molecule has 2 aliphatic rings. The van der Waals surface area contributed by atoms with E-state index >= 15 is 0 Å². The van der Waals surface area contributed by atoms with Gasteiger partial charge >= 0.3 is 12.1 Å². The van der Waals surface area contributed by atoms with E-state index in [1.165, 1.54) is 11.1 Å². The fourth-order valence-corrected chi connectivity index (χ4v) is 5.30. The molecule has 0 unspecified atom stereocenters. The molecule has 2 aliphatic carbocycles. The molecule has 2 aromatic rings. The molecule has 0 saturated heterocycles. The summed E-state index contributed by atoms with van der Waals surface area (Å²) in [6.07, 6.45) is 3.02. The molecule has 4 rings (SSSR count). The molecule has 180 valence electrons. The topological polar surface area (TPSA) is 105 Å². The van der Waals surface area contributed by atoms with Gasteiger partial charge in [0.25, 0.3) is 0 Å². The van der Waals surface area contributed by atoms with Crippen molar-refractivity contribution >= 4 is 18.0 Å². The van der Waals surface area contributed by atoms with Crippen molar-refractivity contribution in [2.75, 3.05) is 6.61 Å². The fourth-order valence-electron chi connectivity index (χ4n) is 5.30. The van der Waals surface area contributed by atoms with Gasteiger partial charge in [0.2, 0.25) is 5.91 Å². The highest BCUT2D eigenvalue weighted by atomic mass is 16.5. The zero-order chi connectivity index (χ0) is 24.1. The standard InChI is InChI=1S/C27H32N2O5/c1-2-8-17(15-25(30)29-24-14-7-13-22(24)26(31)32)28-27(33)34-16-23-20-11-5-3-9-18(20)19-10-4-6-12-21(19)23/h3-6,9-12,17,22-24H,2,7-8,13-16H2,1H3,(H,28,33)(H,29,30)(H,31,32)/t17-,22+,24-/m0/s1. The van der Waals surface area contributed by atoms with Gasteiger partial charge in [0.1, 0.15) is 6.61 Å². The van der Waals surface area contributed by atoms with Crippen LogP contribution in [0.4, 0.5) is 4.79 Å². The third-order valence-corrected chi connectivity index (χ3v) is 6.91. The van der Waals surface area contributed by atoms with Crippen molar-refractivity contribution < 1.29 is 24.2 Å². The number of carboxylic acid groups (broad SMARTS) is 1. The third-order valence-electron chi connectivity index (χ3n) is 6.91. The van der Waals surface area contributed by atoms with Crippen LogP contribution in [0.3, 0.4) is 0 Å². The van der Waals surface area contributed by atoms with Crippen LogP contribution in [0, 0.1) is 5.92 Å². The summed E-state index contributed by atoms with van der Waals surface area (Å²) in [6.45, 7) is 2.20. The molecule has 0 aliphatic heterocycles. The van der Waals surface area contributed by atoms with Gasteiger partial charge in [0.05, 0.1) is 5.92 Å². The van der Waals surface area contributed by atoms with Gasteiger partial charge in [-0.15, -0.1) is 0 Å². The van der Waals surface area contributed by atoms with Crippen LogP contribution in [0.15, 0.2) is 48.5 Å². The Morgan fingerprint density at radius 1 is 1.03 bits per heavy atom. The first-order valence-electron chi connectivity index (χ1n) is 12.1. The van der Waals surface area contributed by atoms with Crippen LogP contribution < -0.4 is 10.6 Å². The average molecular weight is 465 g/mol. The summed E-state index contributed by atoms with van der Waals surface area (Å²) in [7, 11) is 0. The predicted molar refractivity (Wildman–Crippen MR) is 128 cm³/mol. The van der Waals surface area contributed by atoms with E-state index in [1.807, 2.05) is 31.2 Å². The SMILES string of the molecule is CCC[C@@H](CC(=O)N[C@H]1CCC[C@H]1C(=O)O)NC(=O)OCC1c2ccccc2-c2ccccc21. The number of ether oxygens (including phenoxy) is 1. The molecule has 34 heavy (non-hydrogen) atoms. The van der Waals surface area contributed by atoms with Crippen LogP contribution in [-0.2, 0) is 14.3 Å². The first-order valence-corrected chi connectivity index (χ1v) is 12.1. The van der Waals surface area contributed by atoms with Crippen LogP contribution in [-0.4, -0.2) is 41.8 Å². The lowest BCUT2D eigenvalue weighted by Crippen LogP contribution is -2.44. The van der Waals surface area contributed by atoms with Gasteiger partial charge in [-0.3, -0.25) is 9.59 Å². The van der Waals surface area contributed by atoms with E-state index in [0.29, 0.717) is 19.3 Å². The summed E-state index contributed by atoms with van der Waals surface area (Å²) >= 11 is 0. The first kappa shape index (κ1) is 23.8. The number of hydrogen-bond donors (Lipinski definition) is 3. The van der Waals surface area contributed by atoms with Gasteiger partial charge in [-0.25, -0.2) is 4.79 Å². The zero-order valence-corrected chi connectivity index (χ0v) is 19.5. The Balaban J connectivity index is 1.33. The Morgan fingerprint density at radius 3 is 2.29 bits per heavy atom. The lowest BCUT2D eigenvalue weighted by Gasteiger charge is -2.22. The Labute approximate surface area is 199 Å². The van der Waals surface area contributed by atoms with Crippen LogP contribution >= 0.6 is 0 Å². The highest BCUT2D eigenvalue weighted by Crippen LogP contribution is 2.44. The number of aliphatic carboxylic acids is 1. The number of benzene rings is 2. The number of rotatable bonds is 9. The minimum atomic E-state index is -0.871.